The van der Waals surface area contributed by atoms with Crippen molar-refractivity contribution in [2.45, 2.75) is 71.4 Å². The number of nitrogens with one attached hydrogen (secondary N) is 1. The number of nitrogens with zero attached hydrogens (tertiary/aromatic N) is 2. The standard InChI is InChI=1S/C23H35N3OS/c1-22(2,3)27-16-13-23(4,5)25-28-21(18-24)17-19-9-11-20(12-10-19)26-14-7-6-8-15-26/h9-12,17,25H,6-8,13-16H2,1-5H3/b21-17+. The molecule has 1 fully saturated rings. The van der Waals surface area contributed by atoms with E-state index in [4.69, 9.17) is 4.74 Å². The van der Waals surface area contributed by atoms with Crippen molar-refractivity contribution < 1.29 is 4.74 Å². The quantitative estimate of drug-likeness (QED) is 0.443. The third-order valence-electron chi connectivity index (χ3n) is 4.72. The molecule has 4 nitrogen and oxygen atoms in total. The highest BCUT2D eigenvalue weighted by Gasteiger charge is 2.20. The van der Waals surface area contributed by atoms with Crippen LogP contribution in [0.25, 0.3) is 6.08 Å². The molecule has 2 rings (SSSR count). The summed E-state index contributed by atoms with van der Waals surface area (Å²) in [6, 6.07) is 10.8. The van der Waals surface area contributed by atoms with E-state index in [-0.39, 0.29) is 11.1 Å². The zero-order chi connectivity index (χ0) is 20.6. The molecule has 5 heteroatoms. The van der Waals surface area contributed by atoms with E-state index >= 15 is 0 Å². The molecule has 0 aromatic heterocycles. The average molecular weight is 402 g/mol. The zero-order valence-corrected chi connectivity index (χ0v) is 18.9. The summed E-state index contributed by atoms with van der Waals surface area (Å²) in [5.41, 5.74) is 2.09. The minimum atomic E-state index is -0.124. The van der Waals surface area contributed by atoms with Crippen LogP contribution in [0, 0.1) is 11.3 Å². The van der Waals surface area contributed by atoms with Gasteiger partial charge < -0.3 is 9.64 Å². The summed E-state index contributed by atoms with van der Waals surface area (Å²) in [4.78, 5) is 3.11. The molecule has 0 unspecified atom stereocenters. The highest BCUT2D eigenvalue weighted by molar-refractivity contribution is 8.01. The van der Waals surface area contributed by atoms with Crippen LogP contribution in [-0.4, -0.2) is 30.8 Å². The van der Waals surface area contributed by atoms with E-state index < -0.39 is 0 Å². The molecule has 28 heavy (non-hydrogen) atoms. The van der Waals surface area contributed by atoms with E-state index in [1.807, 2.05) is 6.08 Å². The van der Waals surface area contributed by atoms with Gasteiger partial charge in [0, 0.05) is 30.9 Å². The van der Waals surface area contributed by atoms with Crippen molar-refractivity contribution in [3.05, 3.63) is 34.7 Å². The Kier molecular flexibility index (Phi) is 8.42. The summed E-state index contributed by atoms with van der Waals surface area (Å²) < 4.78 is 9.24. The van der Waals surface area contributed by atoms with Crippen LogP contribution in [0.3, 0.4) is 0 Å². The number of piperidine rings is 1. The van der Waals surface area contributed by atoms with Crippen molar-refractivity contribution in [3.63, 3.8) is 0 Å². The molecule has 1 aliphatic heterocycles. The maximum absolute atomic E-state index is 9.51. The fourth-order valence-electron chi connectivity index (χ4n) is 3.03. The number of allylic oxidation sites excluding steroid dienone is 1. The second-order valence-corrected chi connectivity index (χ2v) is 9.91. The van der Waals surface area contributed by atoms with Gasteiger partial charge in [0.15, 0.2) is 0 Å². The van der Waals surface area contributed by atoms with Gasteiger partial charge in [0.1, 0.15) is 11.0 Å². The van der Waals surface area contributed by atoms with Crippen LogP contribution in [0.5, 0.6) is 0 Å². The lowest BCUT2D eigenvalue weighted by Crippen LogP contribution is -2.36. The SMILES string of the molecule is CC(C)(CCOC(C)(C)C)NS/C(C#N)=C/c1ccc(N2CCCCC2)cc1. The van der Waals surface area contributed by atoms with E-state index in [1.54, 1.807) is 0 Å². The van der Waals surface area contributed by atoms with Crippen LogP contribution in [0.1, 0.15) is 65.9 Å². The van der Waals surface area contributed by atoms with Gasteiger partial charge in [-0.1, -0.05) is 12.1 Å². The normalized spacial score (nSPS) is 16.1. The highest BCUT2D eigenvalue weighted by atomic mass is 32.2. The summed E-state index contributed by atoms with van der Waals surface area (Å²) in [6.45, 7) is 13.4. The average Bonchev–Trinajstić information content (AvgIpc) is 2.65. The minimum absolute atomic E-state index is 0.121. The molecule has 1 aromatic carbocycles. The van der Waals surface area contributed by atoms with E-state index in [0.29, 0.717) is 11.5 Å². The molecule has 0 spiro atoms. The monoisotopic (exact) mass is 401 g/mol. The summed E-state index contributed by atoms with van der Waals surface area (Å²) in [6.07, 6.45) is 6.71. The molecule has 1 aromatic rings. The maximum Gasteiger partial charge on any atom is 0.107 e. The molecular formula is C23H35N3OS. The molecule has 154 valence electrons. The van der Waals surface area contributed by atoms with Gasteiger partial charge in [0.25, 0.3) is 0 Å². The first-order valence-corrected chi connectivity index (χ1v) is 11.0. The van der Waals surface area contributed by atoms with Gasteiger partial charge in [-0.15, -0.1) is 0 Å². The molecule has 0 saturated carbocycles. The van der Waals surface area contributed by atoms with Gasteiger partial charge in [-0.05, 0) is 96.0 Å². The van der Waals surface area contributed by atoms with Gasteiger partial charge >= 0.3 is 0 Å². The Morgan fingerprint density at radius 1 is 1.14 bits per heavy atom. The van der Waals surface area contributed by atoms with Crippen LogP contribution in [-0.2, 0) is 4.74 Å². The lowest BCUT2D eigenvalue weighted by Gasteiger charge is -2.28. The van der Waals surface area contributed by atoms with E-state index in [2.05, 4.69) is 74.6 Å². The second kappa shape index (κ2) is 10.3. The van der Waals surface area contributed by atoms with Gasteiger partial charge in [-0.3, -0.25) is 4.72 Å². The van der Waals surface area contributed by atoms with Gasteiger partial charge in [-0.25, -0.2) is 0 Å². The Balaban J connectivity index is 1.89. The van der Waals surface area contributed by atoms with Crippen LogP contribution < -0.4 is 9.62 Å². The number of anilines is 1. The van der Waals surface area contributed by atoms with Crippen molar-refractivity contribution >= 4 is 23.7 Å². The third-order valence-corrected chi connectivity index (χ3v) is 5.81. The molecule has 0 amide bonds. The van der Waals surface area contributed by atoms with Crippen molar-refractivity contribution in [3.8, 4) is 6.07 Å². The van der Waals surface area contributed by atoms with Gasteiger partial charge in [-0.2, -0.15) is 5.26 Å². The highest BCUT2D eigenvalue weighted by Crippen LogP contribution is 2.24. The first-order valence-electron chi connectivity index (χ1n) is 10.2. The number of hydrogen-bond acceptors (Lipinski definition) is 5. The smallest absolute Gasteiger partial charge is 0.107 e. The number of rotatable bonds is 8. The van der Waals surface area contributed by atoms with Crippen LogP contribution in [0.4, 0.5) is 5.69 Å². The Morgan fingerprint density at radius 3 is 2.36 bits per heavy atom. The van der Waals surface area contributed by atoms with Gasteiger partial charge in [0.2, 0.25) is 0 Å². The molecule has 1 aliphatic rings. The number of benzene rings is 1. The largest absolute Gasteiger partial charge is 0.376 e. The predicted molar refractivity (Wildman–Crippen MR) is 121 cm³/mol. The fraction of sp³-hybridized carbons (Fsp3) is 0.609. The van der Waals surface area contributed by atoms with Crippen LogP contribution in [0.15, 0.2) is 29.2 Å². The summed E-state index contributed by atoms with van der Waals surface area (Å²) in [5, 5.41) is 9.51. The summed E-state index contributed by atoms with van der Waals surface area (Å²) in [7, 11) is 0. The molecular weight excluding hydrogens is 366 g/mol. The van der Waals surface area contributed by atoms with Crippen molar-refractivity contribution in [2.75, 3.05) is 24.6 Å². The summed E-state index contributed by atoms with van der Waals surface area (Å²) in [5.74, 6) is 0. The lowest BCUT2D eigenvalue weighted by atomic mass is 10.0. The second-order valence-electron chi connectivity index (χ2n) is 9.06. The van der Waals surface area contributed by atoms with Crippen molar-refractivity contribution in [2.24, 2.45) is 0 Å². The number of nitriles is 1. The van der Waals surface area contributed by atoms with E-state index in [1.165, 1.54) is 36.9 Å². The Labute approximate surface area is 175 Å². The van der Waals surface area contributed by atoms with E-state index in [0.717, 1.165) is 25.1 Å². The molecule has 0 aliphatic carbocycles. The predicted octanol–water partition coefficient (Wildman–Crippen LogP) is 5.76. The molecule has 1 heterocycles. The van der Waals surface area contributed by atoms with Gasteiger partial charge in [0.05, 0.1) is 5.60 Å². The molecule has 0 atom stereocenters. The number of hydrogen-bond donors (Lipinski definition) is 1. The molecule has 1 saturated heterocycles. The Bertz CT molecular complexity index is 677. The Morgan fingerprint density at radius 2 is 1.79 bits per heavy atom. The first-order chi connectivity index (χ1) is 13.2. The summed E-state index contributed by atoms with van der Waals surface area (Å²) >= 11 is 1.40. The third kappa shape index (κ3) is 8.26. The molecule has 0 bridgehead atoms. The lowest BCUT2D eigenvalue weighted by molar-refractivity contribution is -0.0101. The van der Waals surface area contributed by atoms with E-state index in [9.17, 15) is 5.26 Å². The van der Waals surface area contributed by atoms with Crippen LogP contribution in [0.2, 0.25) is 0 Å². The van der Waals surface area contributed by atoms with Crippen LogP contribution >= 0.6 is 11.9 Å². The fourth-order valence-corrected chi connectivity index (χ4v) is 3.75. The maximum atomic E-state index is 9.51. The topological polar surface area (TPSA) is 48.3 Å². The number of ether oxygens (including phenoxy) is 1. The molecule has 1 N–H and O–H groups in total. The zero-order valence-electron chi connectivity index (χ0n) is 18.0. The minimum Gasteiger partial charge on any atom is -0.376 e. The first kappa shape index (κ1) is 22.8. The molecule has 0 radical (unpaired) electrons. The van der Waals surface area contributed by atoms with Crippen molar-refractivity contribution in [1.82, 2.24) is 4.72 Å². The Hall–Kier alpha value is -1.48. The van der Waals surface area contributed by atoms with Crippen molar-refractivity contribution in [1.29, 1.82) is 5.26 Å².